The quantitative estimate of drug-likeness (QED) is 0.915. The average Bonchev–Trinajstić information content (AvgIpc) is 2.55. The number of benzene rings is 1. The van der Waals surface area contributed by atoms with Gasteiger partial charge in [0.25, 0.3) is 5.91 Å². The number of rotatable bonds is 2. The molecule has 4 nitrogen and oxygen atoms in total. The maximum Gasteiger partial charge on any atom is 0.271 e. The Labute approximate surface area is 123 Å². The summed E-state index contributed by atoms with van der Waals surface area (Å²) in [4.78, 5) is 16.3. The fourth-order valence-electron chi connectivity index (χ4n) is 2.74. The normalized spacial score (nSPS) is 20.1. The number of amides is 1. The van der Waals surface area contributed by atoms with Crippen molar-refractivity contribution in [3.8, 4) is 6.07 Å². The Morgan fingerprint density at radius 3 is 2.67 bits per heavy atom. The number of aromatic nitrogens is 1. The molecule has 0 aliphatic heterocycles. The maximum absolute atomic E-state index is 12.3. The number of hydrogen-bond donors (Lipinski definition) is 1. The highest BCUT2D eigenvalue weighted by molar-refractivity contribution is 5.93. The lowest BCUT2D eigenvalue weighted by Gasteiger charge is -2.32. The highest BCUT2D eigenvalue weighted by Crippen LogP contribution is 2.28. The van der Waals surface area contributed by atoms with E-state index in [2.05, 4.69) is 22.4 Å². The van der Waals surface area contributed by atoms with Crippen LogP contribution in [0.3, 0.4) is 0 Å². The summed E-state index contributed by atoms with van der Waals surface area (Å²) < 4.78 is 0. The van der Waals surface area contributed by atoms with Crippen LogP contribution < -0.4 is 5.32 Å². The fourth-order valence-corrected chi connectivity index (χ4v) is 2.74. The van der Waals surface area contributed by atoms with Gasteiger partial charge in [-0.3, -0.25) is 9.78 Å². The molecular weight excluding hydrogens is 262 g/mol. The Morgan fingerprint density at radius 1 is 1.19 bits per heavy atom. The number of carbonyl (C=O) groups is 1. The minimum absolute atomic E-state index is 0.295. The molecule has 104 valence electrons. The number of nitrogens with zero attached hydrogens (tertiary/aromatic N) is 2. The monoisotopic (exact) mass is 277 g/mol. The van der Waals surface area contributed by atoms with E-state index in [9.17, 15) is 10.1 Å². The van der Waals surface area contributed by atoms with Gasteiger partial charge in [0.15, 0.2) is 0 Å². The van der Waals surface area contributed by atoms with Crippen molar-refractivity contribution < 1.29 is 4.79 Å². The van der Waals surface area contributed by atoms with Crippen molar-refractivity contribution in [1.29, 1.82) is 5.26 Å². The second-order valence-corrected chi connectivity index (χ2v) is 5.31. The third-order valence-electron chi connectivity index (χ3n) is 3.90. The molecule has 21 heavy (non-hydrogen) atoms. The van der Waals surface area contributed by atoms with Gasteiger partial charge in [-0.15, -0.1) is 0 Å². The molecule has 2 aromatic rings. The van der Waals surface area contributed by atoms with E-state index in [0.717, 1.165) is 12.0 Å². The number of nitriles is 1. The zero-order chi connectivity index (χ0) is 14.7. The van der Waals surface area contributed by atoms with Crippen LogP contribution in [-0.4, -0.2) is 16.4 Å². The minimum Gasteiger partial charge on any atom is -0.332 e. The minimum atomic E-state index is -0.844. The largest absolute Gasteiger partial charge is 0.332 e. The molecule has 1 N–H and O–H groups in total. The van der Waals surface area contributed by atoms with Crippen LogP contribution in [0.2, 0.25) is 0 Å². The molecule has 1 aliphatic carbocycles. The number of nitrogens with one attached hydrogen (secondary N) is 1. The van der Waals surface area contributed by atoms with E-state index in [-0.39, 0.29) is 5.91 Å². The van der Waals surface area contributed by atoms with E-state index in [4.69, 9.17) is 0 Å². The summed E-state index contributed by atoms with van der Waals surface area (Å²) in [6, 6.07) is 15.5. The lowest BCUT2D eigenvalue weighted by atomic mass is 9.78. The topological polar surface area (TPSA) is 65.8 Å². The van der Waals surface area contributed by atoms with Crippen LogP contribution in [0.25, 0.3) is 0 Å². The molecule has 0 saturated carbocycles. The number of hydrogen-bond acceptors (Lipinski definition) is 3. The van der Waals surface area contributed by atoms with Gasteiger partial charge in [-0.1, -0.05) is 30.3 Å². The maximum atomic E-state index is 12.3. The highest BCUT2D eigenvalue weighted by Gasteiger charge is 2.36. The fraction of sp³-hybridized carbons (Fsp3) is 0.235. The molecule has 3 rings (SSSR count). The van der Waals surface area contributed by atoms with Gasteiger partial charge >= 0.3 is 0 Å². The second-order valence-electron chi connectivity index (χ2n) is 5.31. The number of carbonyl (C=O) groups excluding carboxylic acids is 1. The van der Waals surface area contributed by atoms with E-state index in [1.807, 2.05) is 18.2 Å². The van der Waals surface area contributed by atoms with Gasteiger partial charge in [-0.05, 0) is 36.1 Å². The van der Waals surface area contributed by atoms with Crippen molar-refractivity contribution in [2.75, 3.05) is 0 Å². The van der Waals surface area contributed by atoms with Gasteiger partial charge in [0.1, 0.15) is 11.2 Å². The molecule has 1 aromatic heterocycles. The summed E-state index contributed by atoms with van der Waals surface area (Å²) in [5.74, 6) is -0.295. The van der Waals surface area contributed by atoms with Crippen LogP contribution in [-0.2, 0) is 12.8 Å². The molecule has 4 heteroatoms. The first kappa shape index (κ1) is 13.3. The highest BCUT2D eigenvalue weighted by atomic mass is 16.2. The molecule has 1 aromatic carbocycles. The first-order chi connectivity index (χ1) is 10.2. The van der Waals surface area contributed by atoms with E-state index in [1.165, 1.54) is 5.56 Å². The lowest BCUT2D eigenvalue weighted by Crippen LogP contribution is -2.51. The van der Waals surface area contributed by atoms with E-state index in [1.54, 1.807) is 24.4 Å². The van der Waals surface area contributed by atoms with Crippen molar-refractivity contribution >= 4 is 5.91 Å². The molecule has 1 atom stereocenters. The number of pyridine rings is 1. The molecule has 1 heterocycles. The summed E-state index contributed by atoms with van der Waals surface area (Å²) in [5.41, 5.74) is 1.89. The second kappa shape index (κ2) is 5.37. The van der Waals surface area contributed by atoms with Crippen molar-refractivity contribution in [3.05, 3.63) is 65.5 Å². The Hall–Kier alpha value is -2.67. The number of fused-ring (bicyclic) bond motifs is 1. The van der Waals surface area contributed by atoms with E-state index in [0.29, 0.717) is 18.5 Å². The Kier molecular flexibility index (Phi) is 3.41. The van der Waals surface area contributed by atoms with Crippen molar-refractivity contribution in [3.63, 3.8) is 0 Å². The van der Waals surface area contributed by atoms with Crippen molar-refractivity contribution in [1.82, 2.24) is 10.3 Å². The van der Waals surface area contributed by atoms with Crippen LogP contribution in [0.1, 0.15) is 28.0 Å². The van der Waals surface area contributed by atoms with Gasteiger partial charge < -0.3 is 5.32 Å². The summed E-state index contributed by atoms with van der Waals surface area (Å²) in [5, 5.41) is 12.5. The Bertz CT molecular complexity index is 705. The summed E-state index contributed by atoms with van der Waals surface area (Å²) in [6.45, 7) is 0. The third-order valence-corrected chi connectivity index (χ3v) is 3.90. The summed E-state index contributed by atoms with van der Waals surface area (Å²) in [7, 11) is 0. The van der Waals surface area contributed by atoms with Crippen molar-refractivity contribution in [2.45, 2.75) is 24.8 Å². The van der Waals surface area contributed by atoms with Crippen molar-refractivity contribution in [2.24, 2.45) is 0 Å². The molecule has 0 bridgehead atoms. The first-order valence-electron chi connectivity index (χ1n) is 6.94. The lowest BCUT2D eigenvalue weighted by molar-refractivity contribution is 0.0908. The van der Waals surface area contributed by atoms with Gasteiger partial charge in [-0.2, -0.15) is 5.26 Å². The summed E-state index contributed by atoms with van der Waals surface area (Å²) >= 11 is 0. The van der Waals surface area contributed by atoms with E-state index < -0.39 is 5.54 Å². The Morgan fingerprint density at radius 2 is 1.95 bits per heavy atom. The van der Waals surface area contributed by atoms with Gasteiger partial charge in [0.05, 0.1) is 6.07 Å². The SMILES string of the molecule is N#C[C@@]1(NC(=O)c2ccccn2)CCc2ccccc2C1. The van der Waals surface area contributed by atoms with Crippen LogP contribution in [0.15, 0.2) is 48.7 Å². The molecule has 1 amide bonds. The zero-order valence-electron chi connectivity index (χ0n) is 11.5. The zero-order valence-corrected chi connectivity index (χ0v) is 11.5. The van der Waals surface area contributed by atoms with Crippen LogP contribution >= 0.6 is 0 Å². The molecule has 0 spiro atoms. The molecular formula is C17H15N3O. The average molecular weight is 277 g/mol. The van der Waals surface area contributed by atoms with Crippen LogP contribution in [0, 0.1) is 11.3 Å². The van der Waals surface area contributed by atoms with Gasteiger partial charge in [-0.25, -0.2) is 0 Å². The Balaban J connectivity index is 1.83. The molecule has 1 aliphatic rings. The van der Waals surface area contributed by atoms with Crippen LogP contribution in [0.4, 0.5) is 0 Å². The number of aryl methyl sites for hydroxylation is 1. The van der Waals surface area contributed by atoms with E-state index >= 15 is 0 Å². The van der Waals surface area contributed by atoms with Gasteiger partial charge in [0.2, 0.25) is 0 Å². The van der Waals surface area contributed by atoms with Crippen LogP contribution in [0.5, 0.6) is 0 Å². The molecule has 0 fully saturated rings. The smallest absolute Gasteiger partial charge is 0.271 e. The third kappa shape index (κ3) is 2.63. The summed E-state index contributed by atoms with van der Waals surface area (Å²) in [6.07, 6.45) is 3.54. The molecule has 0 radical (unpaired) electrons. The standard InChI is InChI=1S/C17H15N3O/c18-12-17(20-16(21)15-7-3-4-10-19-15)9-8-13-5-1-2-6-14(13)11-17/h1-7,10H,8-9,11H2,(H,20,21)/t17-/m1/s1. The molecule has 0 saturated heterocycles. The first-order valence-corrected chi connectivity index (χ1v) is 6.94. The molecule has 0 unspecified atom stereocenters. The van der Waals surface area contributed by atoms with Gasteiger partial charge in [0, 0.05) is 12.6 Å². The predicted octanol–water partition coefficient (Wildman–Crippen LogP) is 2.26. The predicted molar refractivity (Wildman–Crippen MR) is 78.5 cm³/mol.